The molecule has 0 radical (unpaired) electrons. The molecule has 15 nitrogen and oxygen atoms in total. The first-order valence-corrected chi connectivity index (χ1v) is 25.5. The van der Waals surface area contributed by atoms with E-state index in [1.54, 1.807) is 20.8 Å². The number of allylic oxidation sites excluding steroid dienone is 1. The summed E-state index contributed by atoms with van der Waals surface area (Å²) in [5, 5.41) is 52.9. The summed E-state index contributed by atoms with van der Waals surface area (Å²) in [5.41, 5.74) is -6.41. The van der Waals surface area contributed by atoms with E-state index in [1.807, 2.05) is 12.2 Å². The molecule has 400 valence electrons. The van der Waals surface area contributed by atoms with Crippen LogP contribution in [0.25, 0.3) is 0 Å². The van der Waals surface area contributed by atoms with Crippen LogP contribution in [0, 0.1) is 51.8 Å². The van der Waals surface area contributed by atoms with Gasteiger partial charge in [-0.1, -0.05) is 54.7 Å². The van der Waals surface area contributed by atoms with Crippen LogP contribution in [0.1, 0.15) is 147 Å². The van der Waals surface area contributed by atoms with Crippen LogP contribution in [-0.2, 0) is 47.7 Å². The van der Waals surface area contributed by atoms with E-state index in [0.717, 1.165) is 38.5 Å². The maximum atomic E-state index is 12.4. The van der Waals surface area contributed by atoms with E-state index in [2.05, 4.69) is 0 Å². The minimum Gasteiger partial charge on any atom is -0.457 e. The third-order valence-electron chi connectivity index (χ3n) is 18.3. The summed E-state index contributed by atoms with van der Waals surface area (Å²) in [7, 11) is 0. The number of ether oxygens (including phenoxy) is 4. The summed E-state index contributed by atoms with van der Waals surface area (Å²) >= 11 is 17.4. The van der Waals surface area contributed by atoms with E-state index in [1.165, 1.54) is 0 Å². The van der Waals surface area contributed by atoms with Gasteiger partial charge < -0.3 is 44.5 Å². The second-order valence-corrected chi connectivity index (χ2v) is 22.3. The fourth-order valence-electron chi connectivity index (χ4n) is 14.3. The van der Waals surface area contributed by atoms with Crippen molar-refractivity contribution in [3.63, 3.8) is 0 Å². The molecule has 10 rings (SSSR count). The number of fused-ring (bicyclic) bond motifs is 4. The molecule has 0 bridgehead atoms. The molecular formula is C52H81Cl3O15. The molecule has 4 unspecified atom stereocenters. The number of hydrogen-bond acceptors (Lipinski definition) is 15. The van der Waals surface area contributed by atoms with Crippen LogP contribution in [0.4, 0.5) is 0 Å². The minimum absolute atomic E-state index is 0. The molecule has 0 aromatic carbocycles. The van der Waals surface area contributed by atoms with E-state index >= 15 is 0 Å². The van der Waals surface area contributed by atoms with Crippen molar-refractivity contribution < 1.29 is 73.2 Å². The average Bonchev–Trinajstić information content (AvgIpc) is 4.00. The van der Waals surface area contributed by atoms with Gasteiger partial charge in [-0.3, -0.25) is 28.8 Å². The predicted octanol–water partition coefficient (Wildman–Crippen LogP) is 6.59. The molecule has 0 aromatic rings. The number of rotatable bonds is 12. The van der Waals surface area contributed by atoms with Crippen molar-refractivity contribution in [2.45, 2.75) is 206 Å². The zero-order valence-electron chi connectivity index (χ0n) is 37.8. The highest BCUT2D eigenvalue weighted by atomic mass is 35.5. The lowest BCUT2D eigenvalue weighted by molar-refractivity contribution is -0.270. The number of hydrogen-bond donors (Lipinski definition) is 5. The first-order valence-electron chi connectivity index (χ1n) is 23.9. The molecule has 4 heterocycles. The average molecular weight is 1050 g/mol. The van der Waals surface area contributed by atoms with Gasteiger partial charge in [0.05, 0.1) is 60.5 Å². The topological polar surface area (TPSA) is 244 Å². The van der Waals surface area contributed by atoms with E-state index < -0.39 is 105 Å². The van der Waals surface area contributed by atoms with Gasteiger partial charge >= 0.3 is 17.9 Å². The largest absolute Gasteiger partial charge is 0.457 e. The highest BCUT2D eigenvalue weighted by Gasteiger charge is 2.81. The Hall–Kier alpha value is -2.21. The Morgan fingerprint density at radius 1 is 0.571 bits per heavy atom. The van der Waals surface area contributed by atoms with Crippen LogP contribution in [0.2, 0.25) is 0 Å². The molecule has 9 fully saturated rings. The van der Waals surface area contributed by atoms with Gasteiger partial charge in [0.2, 0.25) is 0 Å². The maximum Gasteiger partial charge on any atom is 0.319 e. The van der Waals surface area contributed by atoms with Crippen molar-refractivity contribution in [2.75, 3.05) is 17.6 Å². The van der Waals surface area contributed by atoms with E-state index in [-0.39, 0.29) is 96.2 Å². The van der Waals surface area contributed by atoms with Gasteiger partial charge in [-0.2, -0.15) is 0 Å². The molecule has 0 amide bonds. The Bertz CT molecular complexity index is 2000. The number of aliphatic hydroxyl groups excluding tert-OH is 5. The number of halogens is 3. The zero-order valence-corrected chi connectivity index (χ0v) is 40.1. The number of epoxide rings is 1. The second kappa shape index (κ2) is 21.9. The Morgan fingerprint density at radius 3 is 1.37 bits per heavy atom. The quantitative estimate of drug-likeness (QED) is 0.0455. The minimum atomic E-state index is -1.33. The Balaban J connectivity index is 0.000000222. The second-order valence-electron chi connectivity index (χ2n) is 21.2. The summed E-state index contributed by atoms with van der Waals surface area (Å²) in [5.74, 6) is -2.79. The third-order valence-corrected chi connectivity index (χ3v) is 19.0. The van der Waals surface area contributed by atoms with E-state index in [0.29, 0.717) is 50.3 Å². The van der Waals surface area contributed by atoms with Gasteiger partial charge in [0.1, 0.15) is 50.4 Å². The normalized spacial score (nSPS) is 44.6. The Labute approximate surface area is 429 Å². The highest BCUT2D eigenvalue weighted by molar-refractivity contribution is 6.18. The van der Waals surface area contributed by atoms with Crippen molar-refractivity contribution in [2.24, 2.45) is 51.8 Å². The molecule has 19 atom stereocenters. The number of carbonyl (C=O) groups excluding carboxylic acids is 6. The highest BCUT2D eigenvalue weighted by Crippen LogP contribution is 2.66. The first-order chi connectivity index (χ1) is 31.2. The van der Waals surface area contributed by atoms with Gasteiger partial charge in [0.25, 0.3) is 0 Å². The fourth-order valence-corrected chi connectivity index (χ4v) is 15.0. The number of ketones is 3. The summed E-state index contributed by atoms with van der Waals surface area (Å²) in [6.45, 7) is 5.24. The lowest BCUT2D eigenvalue weighted by Crippen LogP contribution is -2.71. The van der Waals surface area contributed by atoms with Gasteiger partial charge in [0, 0.05) is 54.7 Å². The van der Waals surface area contributed by atoms with E-state index in [4.69, 9.17) is 53.8 Å². The van der Waals surface area contributed by atoms with Crippen molar-refractivity contribution in [1.29, 1.82) is 0 Å². The molecule has 5 N–H and O–H groups in total. The van der Waals surface area contributed by atoms with Gasteiger partial charge in [-0.05, 0) is 85.0 Å². The zero-order chi connectivity index (χ0) is 47.9. The standard InChI is InChI=1S/C16H23ClO6.C16H21ClO5.C16H21ClO4.4CH4/c1-15-9(5-6-17)11(19)7-16(15,14(22)23-15)13(21)8-3-2-4-10(18)12(8)20;1-15-9(5-6-17)10(18)7-16(15,14(20)22-15)13(19)8-3-2-4-11-12(8)21-11;1-15-11(7-8-17)12(18)9-16(15,14(20)21-15)13(19)10-5-3-2-4-6-10;;;;/h8-10,12-13,18,20-21H,2-7H2,1H3;8-9,11-13,19H,2-7H2,1H3;3,5,10-11,13,19H,2,4,6-9H2,1H3;4*1H4/t8-,9-,10?,12?,13-,15-,16+;8-,9-,11?,12?,13-,15-,16+;10-,11+,13+,15+,16-;;;;/m001..../s1. The Kier molecular flexibility index (Phi) is 18.9. The van der Waals surface area contributed by atoms with E-state index in [9.17, 15) is 54.3 Å². The summed E-state index contributed by atoms with van der Waals surface area (Å²) in [4.78, 5) is 74.0. The summed E-state index contributed by atoms with van der Waals surface area (Å²) < 4.78 is 21.8. The smallest absolute Gasteiger partial charge is 0.319 e. The van der Waals surface area contributed by atoms with Gasteiger partial charge in [-0.15, -0.1) is 34.8 Å². The van der Waals surface area contributed by atoms with Crippen LogP contribution in [0.15, 0.2) is 12.2 Å². The fraction of sp³-hybridized carbons (Fsp3) is 0.846. The maximum absolute atomic E-state index is 12.4. The molecule has 0 spiro atoms. The molecule has 10 aliphatic rings. The molecule has 5 saturated carbocycles. The molecule has 70 heavy (non-hydrogen) atoms. The molecule has 4 saturated heterocycles. The number of aliphatic hydroxyl groups is 5. The van der Waals surface area contributed by atoms with Crippen molar-refractivity contribution in [3.8, 4) is 0 Å². The van der Waals surface area contributed by atoms with Crippen LogP contribution in [0.5, 0.6) is 0 Å². The van der Waals surface area contributed by atoms with Gasteiger partial charge in [0.15, 0.2) is 0 Å². The molecular weight excluding hydrogens is 971 g/mol. The van der Waals surface area contributed by atoms with Crippen molar-refractivity contribution >= 4 is 70.1 Å². The van der Waals surface area contributed by atoms with Crippen molar-refractivity contribution in [1.82, 2.24) is 0 Å². The van der Waals surface area contributed by atoms with Gasteiger partial charge in [-0.25, -0.2) is 0 Å². The lowest BCUT2D eigenvalue weighted by Gasteiger charge is -2.56. The molecule has 18 heteroatoms. The van der Waals surface area contributed by atoms with Crippen LogP contribution < -0.4 is 0 Å². The summed E-state index contributed by atoms with van der Waals surface area (Å²) in [6.07, 6.45) is 8.03. The predicted molar refractivity (Wildman–Crippen MR) is 263 cm³/mol. The lowest BCUT2D eigenvalue weighted by atomic mass is 9.59. The number of carbonyl (C=O) groups is 6. The van der Waals surface area contributed by atoms with Crippen LogP contribution in [0.3, 0.4) is 0 Å². The number of Topliss-reactive ketones (excluding diaryl/α,β-unsaturated/α-hetero) is 3. The molecule has 6 aliphatic carbocycles. The SMILES string of the molecule is C.C.C.C.C[C@@]12OC(=O)[C@]1([C@@H](O)[C@@H]1C=CCCC1)CC(=O)[C@@H]2CCCl.C[C@@]12OC(=O)[C@]1([C@@H](O)[C@H]1CCCC(O)C1O)CC(=O)[C@@H]2CCCl.C[C@@]12OC(=O)[C@]1([C@@H](O)[C@H]1CCCC3OC31)CC(=O)[C@@H]2CCCl. The third kappa shape index (κ3) is 8.54. The molecule has 0 aromatic heterocycles. The van der Waals surface area contributed by atoms with Crippen LogP contribution >= 0.6 is 34.8 Å². The Morgan fingerprint density at radius 2 is 0.971 bits per heavy atom. The van der Waals surface area contributed by atoms with Crippen LogP contribution in [-0.4, -0.2) is 138 Å². The summed E-state index contributed by atoms with van der Waals surface area (Å²) in [6, 6.07) is 0. The number of alkyl halides is 3. The molecule has 4 aliphatic heterocycles. The van der Waals surface area contributed by atoms with Crippen molar-refractivity contribution in [3.05, 3.63) is 12.2 Å². The number of esters is 3. The first kappa shape index (κ1) is 60.3. The monoisotopic (exact) mass is 1050 g/mol.